The molecule has 1 heterocycles. The molecule has 8 heteroatoms. The van der Waals surface area contributed by atoms with Gasteiger partial charge in [-0.05, 0) is 50.5 Å². The van der Waals surface area contributed by atoms with Crippen molar-refractivity contribution < 1.29 is 28.7 Å². The lowest BCUT2D eigenvalue weighted by Crippen LogP contribution is -2.26. The number of nitrogens with zero attached hydrogens (tertiary/aromatic N) is 1. The number of allylic oxidation sites excluding steroid dienone is 1. The van der Waals surface area contributed by atoms with Crippen LogP contribution in [0.1, 0.15) is 71.6 Å². The van der Waals surface area contributed by atoms with Gasteiger partial charge in [-0.2, -0.15) is 5.26 Å². The Kier molecular flexibility index (Phi) is 13.6. The number of ketones is 1. The second kappa shape index (κ2) is 15.9. The van der Waals surface area contributed by atoms with Crippen LogP contribution in [0.25, 0.3) is 0 Å². The Balaban J connectivity index is 2.71. The number of nitriles is 1. The van der Waals surface area contributed by atoms with E-state index in [0.717, 1.165) is 6.42 Å². The number of amides is 1. The van der Waals surface area contributed by atoms with Crippen LogP contribution in [0.4, 0.5) is 0 Å². The summed E-state index contributed by atoms with van der Waals surface area (Å²) in [7, 11) is 0. The SMILES string of the molecule is C=CC(=O)CCC(CC(CC)OCCC#N)CC(CC)C(=O)OC(=O)/C=C/C1CCC(=O)N1. The maximum absolute atomic E-state index is 12.6. The van der Waals surface area contributed by atoms with Gasteiger partial charge in [-0.15, -0.1) is 0 Å². The number of hydrogen-bond donors (Lipinski definition) is 1. The van der Waals surface area contributed by atoms with E-state index >= 15 is 0 Å². The number of hydrogen-bond acceptors (Lipinski definition) is 7. The molecule has 1 aliphatic heterocycles. The third-order valence-corrected chi connectivity index (χ3v) is 5.78. The van der Waals surface area contributed by atoms with Crippen molar-refractivity contribution in [1.29, 1.82) is 5.26 Å². The third-order valence-electron chi connectivity index (χ3n) is 5.78. The summed E-state index contributed by atoms with van der Waals surface area (Å²) < 4.78 is 10.8. The molecule has 0 aromatic heterocycles. The first-order valence-corrected chi connectivity index (χ1v) is 11.7. The summed E-state index contributed by atoms with van der Waals surface area (Å²) in [6.07, 6.45) is 8.50. The molecule has 0 bridgehead atoms. The second-order valence-corrected chi connectivity index (χ2v) is 8.27. The summed E-state index contributed by atoms with van der Waals surface area (Å²) in [5, 5.41) is 11.4. The minimum atomic E-state index is -0.760. The molecule has 4 unspecified atom stereocenters. The maximum Gasteiger partial charge on any atom is 0.338 e. The molecule has 1 fully saturated rings. The molecule has 0 saturated carbocycles. The van der Waals surface area contributed by atoms with Crippen LogP contribution >= 0.6 is 0 Å². The molecule has 8 nitrogen and oxygen atoms in total. The largest absolute Gasteiger partial charge is 0.390 e. The first kappa shape index (κ1) is 28.2. The van der Waals surface area contributed by atoms with E-state index in [2.05, 4.69) is 18.0 Å². The second-order valence-electron chi connectivity index (χ2n) is 8.27. The fourth-order valence-electron chi connectivity index (χ4n) is 3.80. The van der Waals surface area contributed by atoms with E-state index in [1.54, 1.807) is 0 Å². The lowest BCUT2D eigenvalue weighted by atomic mass is 9.84. The van der Waals surface area contributed by atoms with Gasteiger partial charge in [0.25, 0.3) is 0 Å². The van der Waals surface area contributed by atoms with E-state index in [9.17, 15) is 19.2 Å². The zero-order chi connectivity index (χ0) is 24.6. The van der Waals surface area contributed by atoms with Crippen LogP contribution in [0.2, 0.25) is 0 Å². The molecular weight excluding hydrogens is 424 g/mol. The van der Waals surface area contributed by atoms with E-state index in [1.165, 1.54) is 18.2 Å². The number of carbonyl (C=O) groups excluding carboxylic acids is 4. The number of carbonyl (C=O) groups is 4. The van der Waals surface area contributed by atoms with Crippen LogP contribution < -0.4 is 5.32 Å². The van der Waals surface area contributed by atoms with Crippen molar-refractivity contribution in [3.63, 3.8) is 0 Å². The molecule has 1 amide bonds. The highest BCUT2D eigenvalue weighted by molar-refractivity contribution is 5.93. The molecule has 0 aliphatic carbocycles. The highest BCUT2D eigenvalue weighted by Gasteiger charge is 2.27. The molecule has 182 valence electrons. The summed E-state index contributed by atoms with van der Waals surface area (Å²) in [5.41, 5.74) is 0. The molecule has 1 aliphatic rings. The Morgan fingerprint density at radius 3 is 2.61 bits per heavy atom. The van der Waals surface area contributed by atoms with Crippen LogP contribution in [-0.4, -0.2) is 42.4 Å². The Labute approximate surface area is 196 Å². The lowest BCUT2D eigenvalue weighted by molar-refractivity contribution is -0.160. The number of esters is 2. The van der Waals surface area contributed by atoms with Gasteiger partial charge in [-0.25, -0.2) is 4.79 Å². The minimum absolute atomic E-state index is 0.0118. The summed E-state index contributed by atoms with van der Waals surface area (Å²) in [5.74, 6) is -1.96. The predicted octanol–water partition coefficient (Wildman–Crippen LogP) is 3.56. The smallest absolute Gasteiger partial charge is 0.338 e. The average Bonchev–Trinajstić information content (AvgIpc) is 3.23. The van der Waals surface area contributed by atoms with Gasteiger partial charge in [0.15, 0.2) is 5.78 Å². The van der Waals surface area contributed by atoms with Gasteiger partial charge in [0.05, 0.1) is 31.1 Å². The van der Waals surface area contributed by atoms with Crippen LogP contribution in [0.3, 0.4) is 0 Å². The van der Waals surface area contributed by atoms with Crippen molar-refractivity contribution in [1.82, 2.24) is 5.32 Å². The van der Waals surface area contributed by atoms with E-state index < -0.39 is 17.9 Å². The summed E-state index contributed by atoms with van der Waals surface area (Å²) in [4.78, 5) is 47.7. The standard InChI is InChI=1S/C25H36N2O6/c1-4-19(25(31)33-24(30)13-10-20-9-12-23(29)27-20)16-18(8-11-21(28)5-2)17-22(6-3)32-15-7-14-26/h5,10,13,18-20,22H,2,4,6-9,11-12,15-17H2,1,3H3,(H,27,29)/b13-10+. The summed E-state index contributed by atoms with van der Waals surface area (Å²) >= 11 is 0. The van der Waals surface area contributed by atoms with Gasteiger partial charge >= 0.3 is 11.9 Å². The average molecular weight is 461 g/mol. The van der Waals surface area contributed by atoms with Gasteiger partial charge in [-0.1, -0.05) is 26.5 Å². The van der Waals surface area contributed by atoms with Crippen LogP contribution in [0.5, 0.6) is 0 Å². The van der Waals surface area contributed by atoms with Gasteiger partial charge in [0, 0.05) is 25.0 Å². The molecular formula is C25H36N2O6. The fourth-order valence-corrected chi connectivity index (χ4v) is 3.80. The fraction of sp³-hybridized carbons (Fsp3) is 0.640. The molecule has 0 aromatic rings. The molecule has 0 aromatic carbocycles. The van der Waals surface area contributed by atoms with Crippen molar-refractivity contribution in [3.8, 4) is 6.07 Å². The van der Waals surface area contributed by atoms with Gasteiger partial charge < -0.3 is 14.8 Å². The van der Waals surface area contributed by atoms with Crippen LogP contribution in [0, 0.1) is 23.2 Å². The number of ether oxygens (including phenoxy) is 2. The van der Waals surface area contributed by atoms with Crippen LogP contribution in [0.15, 0.2) is 24.8 Å². The zero-order valence-corrected chi connectivity index (χ0v) is 19.7. The Bertz CT molecular complexity index is 754. The van der Waals surface area contributed by atoms with Gasteiger partial charge in [-0.3, -0.25) is 14.4 Å². The van der Waals surface area contributed by atoms with Gasteiger partial charge in [0.1, 0.15) is 0 Å². The first-order chi connectivity index (χ1) is 15.8. The van der Waals surface area contributed by atoms with Crippen molar-refractivity contribution >= 4 is 23.6 Å². The van der Waals surface area contributed by atoms with E-state index in [4.69, 9.17) is 14.7 Å². The highest BCUT2D eigenvalue weighted by Crippen LogP contribution is 2.27. The quantitative estimate of drug-likeness (QED) is 0.162. The number of nitrogens with one attached hydrogen (secondary N) is 1. The third kappa shape index (κ3) is 11.6. The summed E-state index contributed by atoms with van der Waals surface area (Å²) in [6, 6.07) is 1.83. The van der Waals surface area contributed by atoms with Crippen LogP contribution in [-0.2, 0) is 28.7 Å². The molecule has 0 spiro atoms. The predicted molar refractivity (Wildman–Crippen MR) is 123 cm³/mol. The Morgan fingerprint density at radius 1 is 1.27 bits per heavy atom. The molecule has 0 radical (unpaired) electrons. The maximum atomic E-state index is 12.6. The summed E-state index contributed by atoms with van der Waals surface area (Å²) in [6.45, 7) is 7.70. The van der Waals surface area contributed by atoms with Gasteiger partial charge in [0.2, 0.25) is 5.91 Å². The zero-order valence-electron chi connectivity index (χ0n) is 19.7. The van der Waals surface area contributed by atoms with Crippen molar-refractivity contribution in [3.05, 3.63) is 24.8 Å². The van der Waals surface area contributed by atoms with Crippen molar-refractivity contribution in [2.24, 2.45) is 11.8 Å². The van der Waals surface area contributed by atoms with E-state index in [0.29, 0.717) is 58.0 Å². The Hall–Kier alpha value is -2.79. The molecule has 1 saturated heterocycles. The minimum Gasteiger partial charge on any atom is -0.390 e. The van der Waals surface area contributed by atoms with E-state index in [-0.39, 0.29) is 29.8 Å². The molecule has 1 N–H and O–H groups in total. The molecule has 33 heavy (non-hydrogen) atoms. The Morgan fingerprint density at radius 2 is 2.03 bits per heavy atom. The molecule has 1 rings (SSSR count). The number of rotatable bonds is 16. The molecule has 4 atom stereocenters. The normalized spacial score (nSPS) is 18.2. The topological polar surface area (TPSA) is 123 Å². The first-order valence-electron chi connectivity index (χ1n) is 11.7. The highest BCUT2D eigenvalue weighted by atomic mass is 16.6. The monoisotopic (exact) mass is 460 g/mol. The van der Waals surface area contributed by atoms with Crippen molar-refractivity contribution in [2.45, 2.75) is 83.8 Å². The van der Waals surface area contributed by atoms with Crippen molar-refractivity contribution in [2.75, 3.05) is 6.61 Å². The van der Waals surface area contributed by atoms with E-state index in [1.807, 2.05) is 13.8 Å². The lowest BCUT2D eigenvalue weighted by Gasteiger charge is -2.25.